The van der Waals surface area contributed by atoms with Crippen molar-refractivity contribution in [1.29, 1.82) is 0 Å². The van der Waals surface area contributed by atoms with E-state index in [1.165, 1.54) is 0 Å². The van der Waals surface area contributed by atoms with E-state index < -0.39 is 5.91 Å². The van der Waals surface area contributed by atoms with Crippen LogP contribution in [0.4, 0.5) is 0 Å². The molecule has 1 saturated heterocycles. The molecule has 0 saturated carbocycles. The predicted octanol–water partition coefficient (Wildman–Crippen LogP) is 1.17. The maximum Gasteiger partial charge on any atom is 0.310 e. The van der Waals surface area contributed by atoms with Gasteiger partial charge in [0.15, 0.2) is 0 Å². The average molecular weight is 347 g/mol. The van der Waals surface area contributed by atoms with Crippen LogP contribution in [0.1, 0.15) is 54.2 Å². The van der Waals surface area contributed by atoms with Crippen molar-refractivity contribution in [3.05, 3.63) is 33.2 Å². The first-order valence-electron chi connectivity index (χ1n) is 9.06. The van der Waals surface area contributed by atoms with Gasteiger partial charge in [-0.15, -0.1) is 0 Å². The topological polar surface area (TPSA) is 91.5 Å². The number of H-pyrrole nitrogens is 1. The summed E-state index contributed by atoms with van der Waals surface area (Å²) in [5.74, 6) is -0.886. The van der Waals surface area contributed by atoms with Crippen LogP contribution in [0.15, 0.2) is 10.9 Å². The Hall–Kier alpha value is -2.15. The molecule has 136 valence electrons. The Bertz CT molecular complexity index is 713. The van der Waals surface area contributed by atoms with E-state index in [0.29, 0.717) is 19.7 Å². The van der Waals surface area contributed by atoms with Crippen molar-refractivity contribution in [2.45, 2.75) is 45.4 Å². The molecule has 25 heavy (non-hydrogen) atoms. The van der Waals surface area contributed by atoms with Gasteiger partial charge >= 0.3 is 5.97 Å². The molecule has 1 atom stereocenters. The molecule has 0 radical (unpaired) electrons. The molecule has 1 aromatic rings. The van der Waals surface area contributed by atoms with Crippen LogP contribution in [0, 0.1) is 5.92 Å². The standard InChI is InChI=1S/C18H25N3O4/c1-2-25-18(24)13-7-5-9-21(11-13)20-17(23)14-10-12-6-3-4-8-15(12)19-16(14)22/h10,13H,2-9,11H2,1H3,(H,19,22)(H,20,23). The second kappa shape index (κ2) is 7.82. The number of nitrogens with one attached hydrogen (secondary N) is 2. The quantitative estimate of drug-likeness (QED) is 0.798. The maximum absolute atomic E-state index is 12.5. The van der Waals surface area contributed by atoms with Crippen LogP contribution in [0.5, 0.6) is 0 Å². The number of pyridine rings is 1. The number of aromatic amines is 1. The van der Waals surface area contributed by atoms with E-state index in [4.69, 9.17) is 4.74 Å². The maximum atomic E-state index is 12.5. The van der Waals surface area contributed by atoms with Gasteiger partial charge in [0.1, 0.15) is 5.56 Å². The molecule has 1 amide bonds. The number of fused-ring (bicyclic) bond motifs is 1. The molecule has 2 heterocycles. The number of piperidine rings is 1. The zero-order chi connectivity index (χ0) is 17.8. The fraction of sp³-hybridized carbons (Fsp3) is 0.611. The van der Waals surface area contributed by atoms with E-state index >= 15 is 0 Å². The van der Waals surface area contributed by atoms with E-state index in [1.807, 2.05) is 0 Å². The average Bonchev–Trinajstić information content (AvgIpc) is 2.61. The molecule has 7 nitrogen and oxygen atoms in total. The zero-order valence-electron chi connectivity index (χ0n) is 14.6. The number of carbonyl (C=O) groups excluding carboxylic acids is 2. The minimum Gasteiger partial charge on any atom is -0.466 e. The Morgan fingerprint density at radius 2 is 2.12 bits per heavy atom. The minimum absolute atomic E-state index is 0.138. The smallest absolute Gasteiger partial charge is 0.310 e. The third-order valence-corrected chi connectivity index (χ3v) is 4.88. The first-order chi connectivity index (χ1) is 12.1. The highest BCUT2D eigenvalue weighted by Gasteiger charge is 2.28. The molecule has 0 aromatic carbocycles. The fourth-order valence-electron chi connectivity index (χ4n) is 3.58. The van der Waals surface area contributed by atoms with E-state index in [1.54, 1.807) is 18.0 Å². The molecule has 7 heteroatoms. The highest BCUT2D eigenvalue weighted by atomic mass is 16.5. The predicted molar refractivity (Wildman–Crippen MR) is 92.1 cm³/mol. The summed E-state index contributed by atoms with van der Waals surface area (Å²) in [6.07, 6.45) is 5.45. The summed E-state index contributed by atoms with van der Waals surface area (Å²) in [5.41, 5.74) is 4.57. The van der Waals surface area contributed by atoms with Gasteiger partial charge in [0, 0.05) is 18.8 Å². The van der Waals surface area contributed by atoms with E-state index in [0.717, 1.165) is 49.8 Å². The van der Waals surface area contributed by atoms with Gasteiger partial charge in [0.25, 0.3) is 11.5 Å². The monoisotopic (exact) mass is 347 g/mol. The fourth-order valence-corrected chi connectivity index (χ4v) is 3.58. The van der Waals surface area contributed by atoms with E-state index in [9.17, 15) is 14.4 Å². The number of hydrazine groups is 1. The second-order valence-corrected chi connectivity index (χ2v) is 6.70. The lowest BCUT2D eigenvalue weighted by molar-refractivity contribution is -0.150. The lowest BCUT2D eigenvalue weighted by atomic mass is 9.95. The van der Waals surface area contributed by atoms with Gasteiger partial charge in [-0.25, -0.2) is 5.01 Å². The normalized spacial score (nSPS) is 20.6. The molecule has 1 fully saturated rings. The van der Waals surface area contributed by atoms with Gasteiger partial charge in [0.2, 0.25) is 0 Å². The number of nitrogens with zero attached hydrogens (tertiary/aromatic N) is 1. The first kappa shape index (κ1) is 17.7. The summed E-state index contributed by atoms with van der Waals surface area (Å²) in [6, 6.07) is 1.72. The second-order valence-electron chi connectivity index (χ2n) is 6.70. The van der Waals surface area contributed by atoms with E-state index in [-0.39, 0.29) is 23.0 Å². The summed E-state index contributed by atoms with van der Waals surface area (Å²) in [4.78, 5) is 39.5. The Kier molecular flexibility index (Phi) is 5.53. The molecule has 1 aromatic heterocycles. The van der Waals surface area contributed by atoms with Gasteiger partial charge in [0.05, 0.1) is 12.5 Å². The van der Waals surface area contributed by atoms with Gasteiger partial charge in [-0.2, -0.15) is 0 Å². The van der Waals surface area contributed by atoms with Gasteiger partial charge in [-0.3, -0.25) is 19.8 Å². The van der Waals surface area contributed by atoms with Crippen LogP contribution in [0.2, 0.25) is 0 Å². The van der Waals surface area contributed by atoms with Crippen LogP contribution in [0.25, 0.3) is 0 Å². The molecule has 1 aliphatic heterocycles. The van der Waals surface area contributed by atoms with Crippen LogP contribution < -0.4 is 11.0 Å². The number of carbonyl (C=O) groups is 2. The highest BCUT2D eigenvalue weighted by molar-refractivity contribution is 5.93. The molecule has 0 bridgehead atoms. The largest absolute Gasteiger partial charge is 0.466 e. The number of rotatable bonds is 4. The SMILES string of the molecule is CCOC(=O)C1CCCN(NC(=O)c2cc3c([nH]c2=O)CCCC3)C1. The number of esters is 1. The van der Waals surface area contributed by atoms with Crippen molar-refractivity contribution in [2.75, 3.05) is 19.7 Å². The molecular formula is C18H25N3O4. The van der Waals surface area contributed by atoms with Crippen LogP contribution in [-0.4, -0.2) is 41.6 Å². The Balaban J connectivity index is 1.68. The van der Waals surface area contributed by atoms with Crippen molar-refractivity contribution in [1.82, 2.24) is 15.4 Å². The Labute approximate surface area is 146 Å². The molecular weight excluding hydrogens is 322 g/mol. The molecule has 1 unspecified atom stereocenters. The number of aromatic nitrogens is 1. The van der Waals surface area contributed by atoms with Crippen molar-refractivity contribution < 1.29 is 14.3 Å². The number of hydrogen-bond donors (Lipinski definition) is 2. The first-order valence-corrected chi connectivity index (χ1v) is 9.06. The van der Waals surface area contributed by atoms with Crippen LogP contribution in [0.3, 0.4) is 0 Å². The number of hydrogen-bond acceptors (Lipinski definition) is 5. The van der Waals surface area contributed by atoms with Crippen molar-refractivity contribution in [2.24, 2.45) is 5.92 Å². The van der Waals surface area contributed by atoms with Crippen LogP contribution in [-0.2, 0) is 22.4 Å². The summed E-state index contributed by atoms with van der Waals surface area (Å²) in [5, 5.41) is 1.71. The van der Waals surface area contributed by atoms with Gasteiger partial charge in [-0.1, -0.05) is 0 Å². The molecule has 3 rings (SSSR count). The number of amides is 1. The third-order valence-electron chi connectivity index (χ3n) is 4.88. The van der Waals surface area contributed by atoms with Gasteiger partial charge in [-0.05, 0) is 57.1 Å². The summed E-state index contributed by atoms with van der Waals surface area (Å²) >= 11 is 0. The summed E-state index contributed by atoms with van der Waals surface area (Å²) < 4.78 is 5.07. The number of ether oxygens (including phenoxy) is 1. The minimum atomic E-state index is -0.417. The van der Waals surface area contributed by atoms with Gasteiger partial charge < -0.3 is 9.72 Å². The summed E-state index contributed by atoms with van der Waals surface area (Å²) in [6.45, 7) is 3.20. The highest BCUT2D eigenvalue weighted by Crippen LogP contribution is 2.19. The Morgan fingerprint density at radius 3 is 2.92 bits per heavy atom. The molecule has 2 N–H and O–H groups in total. The molecule has 0 spiro atoms. The lowest BCUT2D eigenvalue weighted by Gasteiger charge is -2.31. The van der Waals surface area contributed by atoms with E-state index in [2.05, 4.69) is 10.4 Å². The van der Waals surface area contributed by atoms with Crippen LogP contribution >= 0.6 is 0 Å². The van der Waals surface area contributed by atoms with Crippen molar-refractivity contribution >= 4 is 11.9 Å². The van der Waals surface area contributed by atoms with Crippen molar-refractivity contribution in [3.8, 4) is 0 Å². The molecule has 2 aliphatic rings. The number of aryl methyl sites for hydroxylation is 2. The zero-order valence-corrected chi connectivity index (χ0v) is 14.6. The lowest BCUT2D eigenvalue weighted by Crippen LogP contribution is -2.50. The Morgan fingerprint density at radius 1 is 1.32 bits per heavy atom. The van der Waals surface area contributed by atoms with Crippen molar-refractivity contribution in [3.63, 3.8) is 0 Å². The molecule has 1 aliphatic carbocycles. The third kappa shape index (κ3) is 4.10. The summed E-state index contributed by atoms with van der Waals surface area (Å²) in [7, 11) is 0.